The molecule has 4 N–H and O–H groups in total. The fraction of sp³-hybridized carbons (Fsp3) is 0.250. The molecular weight excluding hydrogens is 426 g/mol. The SMILES string of the molecule is NC1COC2C(Nc3nc4nc(-c5ccc(-c6ccccc6)cc5)c(Cl)cc4[nH]3)COC12. The molecule has 2 aliphatic rings. The van der Waals surface area contributed by atoms with Crippen molar-refractivity contribution in [3.05, 3.63) is 65.7 Å². The number of nitrogens with zero attached hydrogens (tertiary/aromatic N) is 2. The Morgan fingerprint density at radius 3 is 2.44 bits per heavy atom. The molecule has 8 heteroatoms. The monoisotopic (exact) mass is 447 g/mol. The van der Waals surface area contributed by atoms with Gasteiger partial charge in [0.2, 0.25) is 5.95 Å². The van der Waals surface area contributed by atoms with Crippen LogP contribution in [0.15, 0.2) is 60.7 Å². The number of anilines is 1. The Morgan fingerprint density at radius 2 is 1.62 bits per heavy atom. The van der Waals surface area contributed by atoms with Gasteiger partial charge in [0.05, 0.1) is 41.5 Å². The fourth-order valence-electron chi connectivity index (χ4n) is 4.47. The first-order chi connectivity index (χ1) is 15.7. The van der Waals surface area contributed by atoms with Crippen molar-refractivity contribution in [3.8, 4) is 22.4 Å². The minimum absolute atomic E-state index is 0.0189. The Morgan fingerprint density at radius 1 is 0.906 bits per heavy atom. The van der Waals surface area contributed by atoms with E-state index in [2.05, 4.69) is 39.6 Å². The predicted octanol–water partition coefficient (Wildman–Crippen LogP) is 3.85. The van der Waals surface area contributed by atoms with E-state index in [0.29, 0.717) is 35.5 Å². The zero-order valence-electron chi connectivity index (χ0n) is 17.2. The lowest BCUT2D eigenvalue weighted by Crippen LogP contribution is -2.38. The summed E-state index contributed by atoms with van der Waals surface area (Å²) in [6, 6.07) is 20.2. The Bertz CT molecular complexity index is 1260. The van der Waals surface area contributed by atoms with E-state index in [1.165, 1.54) is 5.56 Å². The molecule has 4 atom stereocenters. The summed E-state index contributed by atoms with van der Waals surface area (Å²) in [6.07, 6.45) is -0.150. The second-order valence-electron chi connectivity index (χ2n) is 8.23. The number of nitrogens with two attached hydrogens (primary N) is 1. The maximum Gasteiger partial charge on any atom is 0.203 e. The van der Waals surface area contributed by atoms with Crippen LogP contribution >= 0.6 is 11.6 Å². The molecule has 7 nitrogen and oxygen atoms in total. The van der Waals surface area contributed by atoms with E-state index in [9.17, 15) is 0 Å². The van der Waals surface area contributed by atoms with E-state index in [0.717, 1.165) is 16.6 Å². The van der Waals surface area contributed by atoms with Crippen LogP contribution in [0.5, 0.6) is 0 Å². The lowest BCUT2D eigenvalue weighted by Gasteiger charge is -2.16. The minimum atomic E-state index is -0.0845. The molecule has 0 radical (unpaired) electrons. The smallest absolute Gasteiger partial charge is 0.203 e. The fourth-order valence-corrected chi connectivity index (χ4v) is 4.73. The van der Waals surface area contributed by atoms with Crippen LogP contribution in [0.25, 0.3) is 33.5 Å². The number of aromatic nitrogens is 3. The van der Waals surface area contributed by atoms with Gasteiger partial charge in [-0.2, -0.15) is 4.98 Å². The molecule has 0 amide bonds. The van der Waals surface area contributed by atoms with Gasteiger partial charge in [0.15, 0.2) is 5.65 Å². The number of pyridine rings is 1. The number of H-pyrrole nitrogens is 1. The van der Waals surface area contributed by atoms with Crippen molar-refractivity contribution in [2.24, 2.45) is 5.73 Å². The first-order valence-electron chi connectivity index (χ1n) is 10.6. The van der Waals surface area contributed by atoms with Crippen molar-refractivity contribution >= 4 is 28.7 Å². The molecule has 2 aromatic carbocycles. The van der Waals surface area contributed by atoms with E-state index in [4.69, 9.17) is 31.8 Å². The van der Waals surface area contributed by atoms with Gasteiger partial charge >= 0.3 is 0 Å². The number of imidazole rings is 1. The molecule has 4 aromatic rings. The molecule has 0 spiro atoms. The summed E-state index contributed by atoms with van der Waals surface area (Å²) in [6.45, 7) is 1.03. The highest BCUT2D eigenvalue weighted by Crippen LogP contribution is 2.32. The van der Waals surface area contributed by atoms with Gasteiger partial charge < -0.3 is 25.5 Å². The quantitative estimate of drug-likeness (QED) is 0.439. The van der Waals surface area contributed by atoms with E-state index >= 15 is 0 Å². The van der Waals surface area contributed by atoms with Gasteiger partial charge in [-0.3, -0.25) is 0 Å². The zero-order valence-corrected chi connectivity index (χ0v) is 17.9. The van der Waals surface area contributed by atoms with Gasteiger partial charge in [-0.05, 0) is 17.2 Å². The lowest BCUT2D eigenvalue weighted by molar-refractivity contribution is 0.0698. The van der Waals surface area contributed by atoms with Gasteiger partial charge in [0, 0.05) is 5.56 Å². The molecule has 4 heterocycles. The largest absolute Gasteiger partial charge is 0.371 e. The molecule has 162 valence electrons. The van der Waals surface area contributed by atoms with E-state index in [1.54, 1.807) is 0 Å². The van der Waals surface area contributed by atoms with Crippen LogP contribution in [0.3, 0.4) is 0 Å². The highest BCUT2D eigenvalue weighted by Gasteiger charge is 2.46. The summed E-state index contributed by atoms with van der Waals surface area (Å²) in [5.74, 6) is 0.610. The van der Waals surface area contributed by atoms with Crippen LogP contribution in [0.2, 0.25) is 5.02 Å². The third-order valence-electron chi connectivity index (χ3n) is 6.11. The molecule has 2 fully saturated rings. The average Bonchev–Trinajstić information content (AvgIpc) is 3.51. The highest BCUT2D eigenvalue weighted by atomic mass is 35.5. The van der Waals surface area contributed by atoms with Gasteiger partial charge in [0.25, 0.3) is 0 Å². The molecule has 0 aliphatic carbocycles. The number of aromatic amines is 1. The van der Waals surface area contributed by atoms with Gasteiger partial charge in [-0.1, -0.05) is 66.2 Å². The number of halogens is 1. The first kappa shape index (κ1) is 19.7. The van der Waals surface area contributed by atoms with Gasteiger partial charge in [-0.25, -0.2) is 4.98 Å². The van der Waals surface area contributed by atoms with Crippen LogP contribution in [0.4, 0.5) is 5.95 Å². The Labute approximate surface area is 189 Å². The van der Waals surface area contributed by atoms with Crippen LogP contribution < -0.4 is 11.1 Å². The van der Waals surface area contributed by atoms with Crippen LogP contribution in [-0.2, 0) is 9.47 Å². The number of fused-ring (bicyclic) bond motifs is 2. The highest BCUT2D eigenvalue weighted by molar-refractivity contribution is 6.33. The molecule has 6 rings (SSSR count). The number of ether oxygens (including phenoxy) is 2. The van der Waals surface area contributed by atoms with Gasteiger partial charge in [-0.15, -0.1) is 0 Å². The maximum absolute atomic E-state index is 6.58. The van der Waals surface area contributed by atoms with Crippen molar-refractivity contribution in [1.29, 1.82) is 0 Å². The van der Waals surface area contributed by atoms with Crippen LogP contribution in [0.1, 0.15) is 0 Å². The Balaban J connectivity index is 1.26. The summed E-state index contributed by atoms with van der Waals surface area (Å²) >= 11 is 6.58. The predicted molar refractivity (Wildman–Crippen MR) is 125 cm³/mol. The minimum Gasteiger partial charge on any atom is -0.371 e. The van der Waals surface area contributed by atoms with Gasteiger partial charge in [0.1, 0.15) is 12.2 Å². The Kier molecular flexibility index (Phi) is 4.84. The third kappa shape index (κ3) is 3.43. The molecule has 2 saturated heterocycles. The van der Waals surface area contributed by atoms with Crippen molar-refractivity contribution in [3.63, 3.8) is 0 Å². The summed E-state index contributed by atoms with van der Waals surface area (Å²) in [7, 11) is 0. The summed E-state index contributed by atoms with van der Waals surface area (Å²) in [4.78, 5) is 12.6. The van der Waals surface area contributed by atoms with E-state index in [-0.39, 0.29) is 24.3 Å². The average molecular weight is 448 g/mol. The standard InChI is InChI=1S/C24H22ClN5O2/c25-16-10-18-23(30-24(27-18)28-19-12-32-21-17(26)11-31-22(19)21)29-20(16)15-8-6-14(7-9-15)13-4-2-1-3-5-13/h1-10,17,19,21-22H,11-12,26H2,(H2,27,28,29,30). The number of hydrogen-bond acceptors (Lipinski definition) is 6. The normalized spacial score (nSPS) is 24.7. The number of rotatable bonds is 4. The summed E-state index contributed by atoms with van der Waals surface area (Å²) < 4.78 is 11.6. The molecule has 0 saturated carbocycles. The zero-order chi connectivity index (χ0) is 21.7. The lowest BCUT2D eigenvalue weighted by atomic mass is 10.0. The number of benzene rings is 2. The Hall–Kier alpha value is -2.97. The molecule has 2 aromatic heterocycles. The molecular formula is C24H22ClN5O2. The molecule has 0 bridgehead atoms. The van der Waals surface area contributed by atoms with Crippen molar-refractivity contribution in [1.82, 2.24) is 15.0 Å². The molecule has 2 aliphatic heterocycles. The van der Waals surface area contributed by atoms with Crippen LogP contribution in [0, 0.1) is 0 Å². The van der Waals surface area contributed by atoms with Crippen molar-refractivity contribution < 1.29 is 9.47 Å². The maximum atomic E-state index is 6.58. The van der Waals surface area contributed by atoms with Crippen LogP contribution in [-0.4, -0.2) is 52.5 Å². The number of hydrogen-bond donors (Lipinski definition) is 3. The second kappa shape index (κ2) is 7.86. The molecule has 4 unspecified atom stereocenters. The van der Waals surface area contributed by atoms with E-state index in [1.807, 2.05) is 36.4 Å². The third-order valence-corrected chi connectivity index (χ3v) is 6.39. The second-order valence-corrected chi connectivity index (χ2v) is 8.64. The molecule has 32 heavy (non-hydrogen) atoms. The van der Waals surface area contributed by atoms with E-state index < -0.39 is 0 Å². The first-order valence-corrected chi connectivity index (χ1v) is 11.0. The number of nitrogens with one attached hydrogen (secondary N) is 2. The van der Waals surface area contributed by atoms with Crippen molar-refractivity contribution in [2.45, 2.75) is 24.3 Å². The summed E-state index contributed by atoms with van der Waals surface area (Å²) in [5, 5.41) is 3.94. The topological polar surface area (TPSA) is 98.1 Å². The summed E-state index contributed by atoms with van der Waals surface area (Å²) in [5.41, 5.74) is 11.4. The van der Waals surface area contributed by atoms with Crippen molar-refractivity contribution in [2.75, 3.05) is 18.5 Å².